The summed E-state index contributed by atoms with van der Waals surface area (Å²) >= 11 is 5.50. The van der Waals surface area contributed by atoms with E-state index >= 15 is 0 Å². The molecule has 2 unspecified atom stereocenters. The van der Waals surface area contributed by atoms with Crippen molar-refractivity contribution in [1.82, 2.24) is 4.42 Å². The molecule has 12 heavy (non-hydrogen) atoms. The second-order valence-electron chi connectivity index (χ2n) is 2.28. The molecule has 0 N–H and O–H groups in total. The number of nitrogens with zero attached hydrogens (tertiary/aromatic N) is 1. The fourth-order valence-corrected chi connectivity index (χ4v) is 1.23. The van der Waals surface area contributed by atoms with Gasteiger partial charge in [0.25, 0.3) is 0 Å². The average molecular weight is 194 g/mol. The normalized spacial score (nSPS) is 32.4. The molecule has 1 saturated heterocycles. The molecule has 0 aromatic carbocycles. The number of esters is 2. The van der Waals surface area contributed by atoms with Gasteiger partial charge in [-0.3, -0.25) is 9.59 Å². The molecule has 0 saturated carbocycles. The molecule has 1 heterocycles. The topological polar surface area (TPSA) is 55.6 Å². The van der Waals surface area contributed by atoms with Crippen molar-refractivity contribution >= 4 is 23.7 Å². The van der Waals surface area contributed by atoms with Gasteiger partial charge in [-0.25, -0.2) is 0 Å². The summed E-state index contributed by atoms with van der Waals surface area (Å²) in [6.45, 7) is 0. The van der Waals surface area contributed by atoms with Crippen molar-refractivity contribution in [3.63, 3.8) is 0 Å². The third-order valence-corrected chi connectivity index (χ3v) is 2.05. The number of carbonyl (C=O) groups is 2. The van der Waals surface area contributed by atoms with E-state index in [-0.39, 0.29) is 0 Å². The Labute approximate surface area is 74.3 Å². The number of hydrogen-bond donors (Lipinski definition) is 0. The predicted molar refractivity (Wildman–Crippen MR) is 39.3 cm³/mol. The maximum atomic E-state index is 10.9. The van der Waals surface area contributed by atoms with Gasteiger partial charge in [-0.1, -0.05) is 0 Å². The lowest BCUT2D eigenvalue weighted by atomic mass is 10.3. The minimum Gasteiger partial charge on any atom is -0.468 e. The zero-order valence-electron chi connectivity index (χ0n) is 6.61. The number of hydrogen-bond acceptors (Lipinski definition) is 5. The van der Waals surface area contributed by atoms with Crippen LogP contribution < -0.4 is 0 Å². The van der Waals surface area contributed by atoms with Crippen LogP contribution in [0.25, 0.3) is 0 Å². The number of halogens is 1. The molecule has 0 bridgehead atoms. The number of carbonyl (C=O) groups excluding carboxylic acids is 2. The Hall–Kier alpha value is -0.810. The first-order valence-electron chi connectivity index (χ1n) is 3.23. The molecule has 0 amide bonds. The Bertz CT molecular complexity index is 198. The first-order valence-corrected chi connectivity index (χ1v) is 3.57. The summed E-state index contributed by atoms with van der Waals surface area (Å²) < 4.78 is 9.86. The standard InChI is InChI=1S/C6H8ClNO4/c1-11-5(9)3-4(8(3)7)6(10)12-2/h3-4H,1-2H3. The molecule has 1 rings (SSSR count). The lowest BCUT2D eigenvalue weighted by Crippen LogP contribution is -2.18. The average Bonchev–Trinajstić information content (AvgIpc) is 2.74. The summed E-state index contributed by atoms with van der Waals surface area (Å²) in [5, 5.41) is 0. The summed E-state index contributed by atoms with van der Waals surface area (Å²) in [5.74, 6) is -1.05. The first kappa shape index (κ1) is 9.28. The van der Waals surface area contributed by atoms with Crippen molar-refractivity contribution in [1.29, 1.82) is 0 Å². The third-order valence-electron chi connectivity index (χ3n) is 1.63. The van der Waals surface area contributed by atoms with Gasteiger partial charge in [0.1, 0.15) is 0 Å². The lowest BCUT2D eigenvalue weighted by Gasteiger charge is -1.93. The Kier molecular flexibility index (Phi) is 2.54. The van der Waals surface area contributed by atoms with Gasteiger partial charge in [-0.05, 0) is 11.8 Å². The van der Waals surface area contributed by atoms with Crippen LogP contribution in [0.15, 0.2) is 0 Å². The highest BCUT2D eigenvalue weighted by Crippen LogP contribution is 2.32. The summed E-state index contributed by atoms with van der Waals surface area (Å²) in [6.07, 6.45) is 0. The lowest BCUT2D eigenvalue weighted by molar-refractivity contribution is -0.144. The highest BCUT2D eigenvalue weighted by Gasteiger charge is 2.58. The van der Waals surface area contributed by atoms with Gasteiger partial charge in [0.2, 0.25) is 0 Å². The minimum absolute atomic E-state index is 0.527. The molecule has 1 aliphatic rings. The molecule has 1 aliphatic heterocycles. The molecule has 68 valence electrons. The third kappa shape index (κ3) is 1.37. The van der Waals surface area contributed by atoms with Crippen LogP contribution in [0.3, 0.4) is 0 Å². The quantitative estimate of drug-likeness (QED) is 0.338. The second-order valence-corrected chi connectivity index (χ2v) is 2.67. The molecule has 0 aromatic rings. The Morgan fingerprint density at radius 2 is 1.50 bits per heavy atom. The molecule has 6 heteroatoms. The maximum absolute atomic E-state index is 10.9. The van der Waals surface area contributed by atoms with Crippen LogP contribution in [-0.4, -0.2) is 42.7 Å². The van der Waals surface area contributed by atoms with Crippen molar-refractivity contribution in [3.05, 3.63) is 0 Å². The van der Waals surface area contributed by atoms with Gasteiger partial charge in [0.15, 0.2) is 12.1 Å². The van der Waals surface area contributed by atoms with Crippen molar-refractivity contribution in [2.45, 2.75) is 12.1 Å². The smallest absolute Gasteiger partial charge is 0.326 e. The fraction of sp³-hybridized carbons (Fsp3) is 0.667. The van der Waals surface area contributed by atoms with E-state index in [1.54, 1.807) is 0 Å². The van der Waals surface area contributed by atoms with E-state index in [4.69, 9.17) is 11.8 Å². The van der Waals surface area contributed by atoms with Crippen molar-refractivity contribution in [2.24, 2.45) is 0 Å². The number of ether oxygens (including phenoxy) is 2. The Morgan fingerprint density at radius 3 is 1.75 bits per heavy atom. The monoisotopic (exact) mass is 193 g/mol. The van der Waals surface area contributed by atoms with E-state index in [1.165, 1.54) is 14.2 Å². The van der Waals surface area contributed by atoms with E-state index in [9.17, 15) is 9.59 Å². The number of methoxy groups -OCH3 is 2. The molecular formula is C6H8ClNO4. The molecule has 1 fully saturated rings. The van der Waals surface area contributed by atoms with Gasteiger partial charge in [0, 0.05) is 0 Å². The van der Waals surface area contributed by atoms with Crippen LogP contribution in [-0.2, 0) is 19.1 Å². The van der Waals surface area contributed by atoms with Crippen molar-refractivity contribution < 1.29 is 19.1 Å². The SMILES string of the molecule is COC(=O)C1C(C(=O)OC)N1Cl. The van der Waals surface area contributed by atoms with E-state index in [1.807, 2.05) is 0 Å². The molecule has 0 radical (unpaired) electrons. The van der Waals surface area contributed by atoms with Crippen molar-refractivity contribution in [2.75, 3.05) is 14.2 Å². The van der Waals surface area contributed by atoms with Gasteiger partial charge in [0.05, 0.1) is 14.2 Å². The number of rotatable bonds is 2. The predicted octanol–water partition coefficient (Wildman–Crippen LogP) is -0.461. The highest BCUT2D eigenvalue weighted by atomic mass is 35.5. The zero-order chi connectivity index (χ0) is 9.30. The summed E-state index contributed by atoms with van der Waals surface area (Å²) in [4.78, 5) is 21.7. The Morgan fingerprint density at radius 1 is 1.17 bits per heavy atom. The minimum atomic E-state index is -0.691. The fourth-order valence-electron chi connectivity index (χ4n) is 0.906. The molecule has 0 spiro atoms. The summed E-state index contributed by atoms with van der Waals surface area (Å²) in [7, 11) is 2.47. The first-order chi connectivity index (χ1) is 5.63. The van der Waals surface area contributed by atoms with Gasteiger partial charge in [-0.15, -0.1) is 0 Å². The molecular weight excluding hydrogens is 186 g/mol. The van der Waals surface area contributed by atoms with Crippen LogP contribution in [0, 0.1) is 0 Å². The van der Waals surface area contributed by atoms with Crippen LogP contribution in [0.4, 0.5) is 0 Å². The van der Waals surface area contributed by atoms with Gasteiger partial charge >= 0.3 is 11.9 Å². The van der Waals surface area contributed by atoms with Crippen molar-refractivity contribution in [3.8, 4) is 0 Å². The van der Waals surface area contributed by atoms with E-state index in [0.29, 0.717) is 0 Å². The second kappa shape index (κ2) is 3.28. The molecule has 0 aliphatic carbocycles. The zero-order valence-corrected chi connectivity index (χ0v) is 7.37. The van der Waals surface area contributed by atoms with Crippen LogP contribution in [0.2, 0.25) is 0 Å². The highest BCUT2D eigenvalue weighted by molar-refractivity contribution is 6.20. The molecule has 0 aromatic heterocycles. The van der Waals surface area contributed by atoms with Gasteiger partial charge < -0.3 is 9.47 Å². The van der Waals surface area contributed by atoms with Crippen LogP contribution in [0.5, 0.6) is 0 Å². The van der Waals surface area contributed by atoms with E-state index < -0.39 is 24.0 Å². The summed E-state index contributed by atoms with van der Waals surface area (Å²) in [6, 6.07) is -1.38. The van der Waals surface area contributed by atoms with E-state index in [0.717, 1.165) is 4.42 Å². The molecule has 5 nitrogen and oxygen atoms in total. The van der Waals surface area contributed by atoms with Crippen LogP contribution in [0.1, 0.15) is 0 Å². The largest absolute Gasteiger partial charge is 0.468 e. The molecule has 2 atom stereocenters. The Balaban J connectivity index is 2.53. The van der Waals surface area contributed by atoms with E-state index in [2.05, 4.69) is 9.47 Å². The van der Waals surface area contributed by atoms with Crippen LogP contribution >= 0.6 is 11.8 Å². The summed E-state index contributed by atoms with van der Waals surface area (Å²) in [5.41, 5.74) is 0. The van der Waals surface area contributed by atoms with Gasteiger partial charge in [-0.2, -0.15) is 4.42 Å². The maximum Gasteiger partial charge on any atom is 0.326 e.